The number of nitrogen functional groups attached to an aromatic ring is 1. The maximum atomic E-state index is 5.49. The van der Waals surface area contributed by atoms with Gasteiger partial charge in [0.15, 0.2) is 0 Å². The Morgan fingerprint density at radius 3 is 2.80 bits per heavy atom. The van der Waals surface area contributed by atoms with Crippen LogP contribution in [0.25, 0.3) is 0 Å². The Bertz CT molecular complexity index is 314. The van der Waals surface area contributed by atoms with Crippen LogP contribution in [-0.4, -0.2) is 16.6 Å². The summed E-state index contributed by atoms with van der Waals surface area (Å²) in [6.07, 6.45) is 1.01. The fraction of sp³-hybridized carbons (Fsp3) is 0.600. The number of hydrogen-bond donors (Lipinski definition) is 2. The lowest BCUT2D eigenvalue weighted by molar-refractivity contribution is 0.279. The van der Waals surface area contributed by atoms with Gasteiger partial charge < -0.3 is 4.74 Å². The predicted molar refractivity (Wildman–Crippen MR) is 59.5 cm³/mol. The summed E-state index contributed by atoms with van der Waals surface area (Å²) in [5.74, 6) is 6.81. The number of aromatic nitrogens is 2. The summed E-state index contributed by atoms with van der Waals surface area (Å²) in [5, 5.41) is 0. The SMILES string of the molecule is Cc1cc(OCCC(C)C)nc(NN)n1. The number of hydrazine groups is 1. The van der Waals surface area contributed by atoms with E-state index in [1.807, 2.05) is 6.92 Å². The molecule has 0 bridgehead atoms. The first-order valence-electron chi connectivity index (χ1n) is 5.07. The zero-order valence-electron chi connectivity index (χ0n) is 9.45. The number of hydrogen-bond acceptors (Lipinski definition) is 5. The van der Waals surface area contributed by atoms with E-state index in [1.165, 1.54) is 0 Å². The van der Waals surface area contributed by atoms with E-state index in [2.05, 4.69) is 29.2 Å². The summed E-state index contributed by atoms with van der Waals surface area (Å²) in [4.78, 5) is 8.15. The second-order valence-electron chi connectivity index (χ2n) is 3.85. The molecule has 0 saturated carbocycles. The van der Waals surface area contributed by atoms with Gasteiger partial charge in [0, 0.05) is 11.8 Å². The van der Waals surface area contributed by atoms with Gasteiger partial charge >= 0.3 is 0 Å². The highest BCUT2D eigenvalue weighted by atomic mass is 16.5. The molecule has 0 aliphatic rings. The van der Waals surface area contributed by atoms with Crippen molar-refractivity contribution in [3.63, 3.8) is 0 Å². The Morgan fingerprint density at radius 1 is 1.47 bits per heavy atom. The van der Waals surface area contributed by atoms with Crippen LogP contribution in [0.15, 0.2) is 6.07 Å². The molecule has 0 atom stereocenters. The number of anilines is 1. The van der Waals surface area contributed by atoms with Crippen molar-refractivity contribution in [1.82, 2.24) is 9.97 Å². The zero-order valence-corrected chi connectivity index (χ0v) is 9.45. The van der Waals surface area contributed by atoms with E-state index in [0.717, 1.165) is 12.1 Å². The summed E-state index contributed by atoms with van der Waals surface area (Å²) >= 11 is 0. The van der Waals surface area contributed by atoms with E-state index < -0.39 is 0 Å². The molecule has 0 fully saturated rings. The van der Waals surface area contributed by atoms with E-state index in [-0.39, 0.29) is 0 Å². The van der Waals surface area contributed by atoms with Gasteiger partial charge in [-0.05, 0) is 19.3 Å². The highest BCUT2D eigenvalue weighted by Gasteiger charge is 2.02. The average molecular weight is 210 g/mol. The van der Waals surface area contributed by atoms with Crippen LogP contribution in [0.2, 0.25) is 0 Å². The lowest BCUT2D eigenvalue weighted by Crippen LogP contribution is -2.12. The molecule has 3 N–H and O–H groups in total. The van der Waals surface area contributed by atoms with E-state index in [4.69, 9.17) is 10.6 Å². The van der Waals surface area contributed by atoms with E-state index in [9.17, 15) is 0 Å². The fourth-order valence-electron chi connectivity index (χ4n) is 1.08. The van der Waals surface area contributed by atoms with Crippen LogP contribution in [0.3, 0.4) is 0 Å². The summed E-state index contributed by atoms with van der Waals surface area (Å²) in [6, 6.07) is 1.79. The molecule has 0 aliphatic heterocycles. The minimum Gasteiger partial charge on any atom is -0.478 e. The lowest BCUT2D eigenvalue weighted by atomic mass is 10.1. The Balaban J connectivity index is 2.56. The van der Waals surface area contributed by atoms with Gasteiger partial charge in [0.25, 0.3) is 0 Å². The minimum absolute atomic E-state index is 0.384. The van der Waals surface area contributed by atoms with Gasteiger partial charge in [-0.1, -0.05) is 13.8 Å². The first kappa shape index (κ1) is 11.7. The van der Waals surface area contributed by atoms with Crippen LogP contribution >= 0.6 is 0 Å². The third-order valence-corrected chi connectivity index (χ3v) is 1.90. The molecule has 0 spiro atoms. The van der Waals surface area contributed by atoms with E-state index in [1.54, 1.807) is 6.07 Å². The van der Waals surface area contributed by atoms with Crippen LogP contribution in [0.4, 0.5) is 5.95 Å². The smallest absolute Gasteiger partial charge is 0.240 e. The average Bonchev–Trinajstić information content (AvgIpc) is 2.16. The van der Waals surface area contributed by atoms with Crippen molar-refractivity contribution >= 4 is 5.95 Å². The second-order valence-corrected chi connectivity index (χ2v) is 3.85. The Morgan fingerprint density at radius 2 is 2.20 bits per heavy atom. The van der Waals surface area contributed by atoms with Gasteiger partial charge in [0.2, 0.25) is 11.8 Å². The molecular formula is C10H18N4O. The molecule has 0 saturated heterocycles. The molecule has 1 heterocycles. The first-order chi connectivity index (χ1) is 7.11. The summed E-state index contributed by atoms with van der Waals surface area (Å²) in [7, 11) is 0. The van der Waals surface area contributed by atoms with Crippen molar-refractivity contribution in [3.8, 4) is 5.88 Å². The number of rotatable bonds is 5. The monoisotopic (exact) mass is 210 g/mol. The summed E-state index contributed by atoms with van der Waals surface area (Å²) in [5.41, 5.74) is 3.24. The van der Waals surface area contributed by atoms with Crippen molar-refractivity contribution in [3.05, 3.63) is 11.8 Å². The molecule has 0 amide bonds. The molecule has 15 heavy (non-hydrogen) atoms. The van der Waals surface area contributed by atoms with Gasteiger partial charge in [0.1, 0.15) is 0 Å². The number of aryl methyl sites for hydroxylation is 1. The summed E-state index contributed by atoms with van der Waals surface area (Å²) < 4.78 is 5.49. The van der Waals surface area contributed by atoms with Gasteiger partial charge in [-0.15, -0.1) is 0 Å². The minimum atomic E-state index is 0.384. The van der Waals surface area contributed by atoms with Crippen LogP contribution in [0.5, 0.6) is 5.88 Å². The van der Waals surface area contributed by atoms with Crippen LogP contribution in [0.1, 0.15) is 26.0 Å². The third-order valence-electron chi connectivity index (χ3n) is 1.90. The molecule has 0 aromatic carbocycles. The second kappa shape index (κ2) is 5.50. The largest absolute Gasteiger partial charge is 0.478 e. The standard InChI is InChI=1S/C10H18N4O/c1-7(2)4-5-15-9-6-8(3)12-10(13-9)14-11/h6-7H,4-5,11H2,1-3H3,(H,12,13,14). The topological polar surface area (TPSA) is 73.1 Å². The third kappa shape index (κ3) is 4.12. The summed E-state index contributed by atoms with van der Waals surface area (Å²) in [6.45, 7) is 6.85. The molecular weight excluding hydrogens is 192 g/mol. The fourth-order valence-corrected chi connectivity index (χ4v) is 1.08. The van der Waals surface area contributed by atoms with Crippen molar-refractivity contribution in [1.29, 1.82) is 0 Å². The lowest BCUT2D eigenvalue weighted by Gasteiger charge is -2.08. The zero-order chi connectivity index (χ0) is 11.3. The molecule has 5 heteroatoms. The Kier molecular flexibility index (Phi) is 4.30. The molecule has 0 aliphatic carbocycles. The number of nitrogens with zero attached hydrogens (tertiary/aromatic N) is 2. The maximum Gasteiger partial charge on any atom is 0.240 e. The highest BCUT2D eigenvalue weighted by molar-refractivity contribution is 5.28. The van der Waals surface area contributed by atoms with Gasteiger partial charge in [-0.2, -0.15) is 4.98 Å². The molecule has 0 radical (unpaired) electrons. The van der Waals surface area contributed by atoms with E-state index in [0.29, 0.717) is 24.4 Å². The Hall–Kier alpha value is -1.36. The van der Waals surface area contributed by atoms with Crippen molar-refractivity contribution in [2.45, 2.75) is 27.2 Å². The maximum absolute atomic E-state index is 5.49. The first-order valence-corrected chi connectivity index (χ1v) is 5.07. The van der Waals surface area contributed by atoms with Gasteiger partial charge in [0.05, 0.1) is 6.61 Å². The molecule has 1 aromatic rings. The quantitative estimate of drug-likeness (QED) is 0.569. The Labute approximate surface area is 90.0 Å². The van der Waals surface area contributed by atoms with Crippen LogP contribution in [-0.2, 0) is 0 Å². The molecule has 84 valence electrons. The molecule has 1 rings (SSSR count). The van der Waals surface area contributed by atoms with Crippen LogP contribution < -0.4 is 16.0 Å². The highest BCUT2D eigenvalue weighted by Crippen LogP contribution is 2.12. The molecule has 1 aromatic heterocycles. The number of ether oxygens (including phenoxy) is 1. The predicted octanol–water partition coefficient (Wildman–Crippen LogP) is 1.50. The van der Waals surface area contributed by atoms with Gasteiger partial charge in [-0.3, -0.25) is 5.43 Å². The van der Waals surface area contributed by atoms with Crippen molar-refractivity contribution in [2.24, 2.45) is 11.8 Å². The number of nitrogens with one attached hydrogen (secondary N) is 1. The van der Waals surface area contributed by atoms with Crippen LogP contribution in [0, 0.1) is 12.8 Å². The normalized spacial score (nSPS) is 10.5. The van der Waals surface area contributed by atoms with E-state index >= 15 is 0 Å². The molecule has 0 unspecified atom stereocenters. The molecule has 5 nitrogen and oxygen atoms in total. The number of nitrogens with two attached hydrogens (primary N) is 1. The van der Waals surface area contributed by atoms with Crippen molar-refractivity contribution in [2.75, 3.05) is 12.0 Å². The van der Waals surface area contributed by atoms with Gasteiger partial charge in [-0.25, -0.2) is 10.8 Å². The van der Waals surface area contributed by atoms with Crippen molar-refractivity contribution < 1.29 is 4.74 Å².